The largest absolute Gasteiger partial charge is 0.302 e. The molecule has 0 unspecified atom stereocenters. The van der Waals surface area contributed by atoms with Crippen molar-refractivity contribution in [1.29, 1.82) is 0 Å². The first-order chi connectivity index (χ1) is 10.7. The van der Waals surface area contributed by atoms with E-state index in [-0.39, 0.29) is 5.91 Å². The summed E-state index contributed by atoms with van der Waals surface area (Å²) in [7, 11) is 0. The lowest BCUT2D eigenvalue weighted by Gasteiger charge is -2.05. The van der Waals surface area contributed by atoms with Crippen LogP contribution in [-0.2, 0) is 11.2 Å². The lowest BCUT2D eigenvalue weighted by molar-refractivity contribution is -0.115. The Hall–Kier alpha value is -2.53. The molecule has 1 N–H and O–H groups in total. The van der Waals surface area contributed by atoms with Crippen LogP contribution in [0.1, 0.15) is 11.1 Å². The smallest absolute Gasteiger partial charge is 0.230 e. The van der Waals surface area contributed by atoms with E-state index in [0.717, 1.165) is 22.4 Å². The van der Waals surface area contributed by atoms with Gasteiger partial charge in [-0.2, -0.15) is 0 Å². The zero-order valence-electron chi connectivity index (χ0n) is 12.1. The molecule has 0 aliphatic heterocycles. The van der Waals surface area contributed by atoms with Gasteiger partial charge < -0.3 is 5.32 Å². The number of hydrogen-bond donors (Lipinski definition) is 1. The highest BCUT2D eigenvalue weighted by Crippen LogP contribution is 2.24. The highest BCUT2D eigenvalue weighted by Gasteiger charge is 2.09. The average Bonchev–Trinajstić information content (AvgIpc) is 2.99. The number of carbonyl (C=O) groups excluding carboxylic acids is 1. The number of benzene rings is 1. The first kappa shape index (κ1) is 14.4. The summed E-state index contributed by atoms with van der Waals surface area (Å²) in [6.45, 7) is 2.01. The fraction of sp³-hybridized carbons (Fsp3) is 0.118. The Labute approximate surface area is 132 Å². The minimum atomic E-state index is -0.0543. The predicted octanol–water partition coefficient (Wildman–Crippen LogP) is 3.69. The van der Waals surface area contributed by atoms with Gasteiger partial charge in [-0.25, -0.2) is 4.98 Å². The zero-order valence-corrected chi connectivity index (χ0v) is 12.9. The van der Waals surface area contributed by atoms with Crippen molar-refractivity contribution in [2.75, 3.05) is 5.32 Å². The van der Waals surface area contributed by atoms with E-state index in [1.807, 2.05) is 48.7 Å². The Morgan fingerprint density at radius 2 is 2.09 bits per heavy atom. The number of rotatable bonds is 4. The van der Waals surface area contributed by atoms with Gasteiger partial charge in [-0.15, -0.1) is 11.3 Å². The number of carbonyl (C=O) groups is 1. The fourth-order valence-electron chi connectivity index (χ4n) is 2.12. The third kappa shape index (κ3) is 3.38. The SMILES string of the molecule is Cc1ccccc1CC(=O)Nc1nc(-c2cccnc2)cs1. The predicted molar refractivity (Wildman–Crippen MR) is 88.9 cm³/mol. The van der Waals surface area contributed by atoms with E-state index < -0.39 is 0 Å². The molecule has 22 heavy (non-hydrogen) atoms. The number of aromatic nitrogens is 2. The van der Waals surface area contributed by atoms with Crippen LogP contribution in [0.5, 0.6) is 0 Å². The monoisotopic (exact) mass is 309 g/mol. The third-order valence-corrected chi connectivity index (χ3v) is 4.08. The molecule has 0 atom stereocenters. The molecule has 3 rings (SSSR count). The molecule has 0 radical (unpaired) electrons. The van der Waals surface area contributed by atoms with Gasteiger partial charge in [0.25, 0.3) is 0 Å². The average molecular weight is 309 g/mol. The Balaban J connectivity index is 1.68. The van der Waals surface area contributed by atoms with E-state index in [1.165, 1.54) is 11.3 Å². The van der Waals surface area contributed by atoms with Gasteiger partial charge in [-0.05, 0) is 30.2 Å². The number of thiazole rings is 1. The highest BCUT2D eigenvalue weighted by atomic mass is 32.1. The molecule has 2 aromatic heterocycles. The number of pyridine rings is 1. The van der Waals surface area contributed by atoms with Crippen molar-refractivity contribution in [2.24, 2.45) is 0 Å². The number of aryl methyl sites for hydroxylation is 1. The van der Waals surface area contributed by atoms with Crippen molar-refractivity contribution in [3.05, 3.63) is 65.3 Å². The van der Waals surface area contributed by atoms with Gasteiger partial charge in [0.2, 0.25) is 5.91 Å². The van der Waals surface area contributed by atoms with Crippen LogP contribution in [0.2, 0.25) is 0 Å². The molecule has 0 fully saturated rings. The van der Waals surface area contributed by atoms with Crippen molar-refractivity contribution in [3.8, 4) is 11.3 Å². The maximum absolute atomic E-state index is 12.1. The normalized spacial score (nSPS) is 10.4. The minimum absolute atomic E-state index is 0.0543. The number of nitrogens with one attached hydrogen (secondary N) is 1. The van der Waals surface area contributed by atoms with Crippen LogP contribution in [0.15, 0.2) is 54.2 Å². The lowest BCUT2D eigenvalue weighted by Crippen LogP contribution is -2.14. The maximum atomic E-state index is 12.1. The van der Waals surface area contributed by atoms with Crippen LogP contribution in [0.25, 0.3) is 11.3 Å². The van der Waals surface area contributed by atoms with Crippen molar-refractivity contribution in [3.63, 3.8) is 0 Å². The van der Waals surface area contributed by atoms with Crippen molar-refractivity contribution < 1.29 is 4.79 Å². The Morgan fingerprint density at radius 1 is 1.23 bits per heavy atom. The molecular formula is C17H15N3OS. The van der Waals surface area contributed by atoms with Crippen LogP contribution >= 0.6 is 11.3 Å². The molecule has 5 heteroatoms. The molecule has 2 heterocycles. The van der Waals surface area contributed by atoms with Gasteiger partial charge >= 0.3 is 0 Å². The van der Waals surface area contributed by atoms with E-state index in [0.29, 0.717) is 11.6 Å². The first-order valence-electron chi connectivity index (χ1n) is 6.92. The van der Waals surface area contributed by atoms with Gasteiger partial charge in [0.05, 0.1) is 12.1 Å². The number of hydrogen-bond acceptors (Lipinski definition) is 4. The summed E-state index contributed by atoms with van der Waals surface area (Å²) >= 11 is 1.42. The fourth-order valence-corrected chi connectivity index (χ4v) is 2.86. The molecule has 0 bridgehead atoms. The minimum Gasteiger partial charge on any atom is -0.302 e. The molecule has 4 nitrogen and oxygen atoms in total. The summed E-state index contributed by atoms with van der Waals surface area (Å²) < 4.78 is 0. The zero-order chi connectivity index (χ0) is 15.4. The molecule has 1 aromatic carbocycles. The molecule has 0 aliphatic rings. The molecule has 0 saturated heterocycles. The second-order valence-corrected chi connectivity index (χ2v) is 5.79. The molecular weight excluding hydrogens is 294 g/mol. The third-order valence-electron chi connectivity index (χ3n) is 3.32. The van der Waals surface area contributed by atoms with E-state index in [9.17, 15) is 4.79 Å². The number of anilines is 1. The standard InChI is InChI=1S/C17H15N3OS/c1-12-5-2-3-6-13(12)9-16(21)20-17-19-15(11-22-17)14-7-4-8-18-10-14/h2-8,10-11H,9H2,1H3,(H,19,20,21). The van der Waals surface area contributed by atoms with Gasteiger partial charge in [0.1, 0.15) is 0 Å². The summed E-state index contributed by atoms with van der Waals surface area (Å²) in [6.07, 6.45) is 3.84. The quantitative estimate of drug-likeness (QED) is 0.799. The maximum Gasteiger partial charge on any atom is 0.230 e. The second kappa shape index (κ2) is 6.49. The van der Waals surface area contributed by atoms with Crippen LogP contribution in [-0.4, -0.2) is 15.9 Å². The summed E-state index contributed by atoms with van der Waals surface area (Å²) in [5.41, 5.74) is 3.92. The summed E-state index contributed by atoms with van der Waals surface area (Å²) in [5.74, 6) is -0.0543. The Kier molecular flexibility index (Phi) is 4.25. The van der Waals surface area contributed by atoms with Gasteiger partial charge in [-0.3, -0.25) is 9.78 Å². The van der Waals surface area contributed by atoms with Crippen molar-refractivity contribution in [1.82, 2.24) is 9.97 Å². The summed E-state index contributed by atoms with van der Waals surface area (Å²) in [5, 5.41) is 5.38. The van der Waals surface area contributed by atoms with Crippen LogP contribution < -0.4 is 5.32 Å². The van der Waals surface area contributed by atoms with Crippen molar-refractivity contribution >= 4 is 22.4 Å². The first-order valence-corrected chi connectivity index (χ1v) is 7.80. The summed E-state index contributed by atoms with van der Waals surface area (Å²) in [6, 6.07) is 11.7. The topological polar surface area (TPSA) is 54.9 Å². The number of amides is 1. The van der Waals surface area contributed by atoms with E-state index in [1.54, 1.807) is 12.4 Å². The molecule has 0 aliphatic carbocycles. The van der Waals surface area contributed by atoms with Crippen molar-refractivity contribution in [2.45, 2.75) is 13.3 Å². The summed E-state index contributed by atoms with van der Waals surface area (Å²) in [4.78, 5) is 20.6. The van der Waals surface area contributed by atoms with E-state index in [4.69, 9.17) is 0 Å². The Morgan fingerprint density at radius 3 is 2.86 bits per heavy atom. The van der Waals surface area contributed by atoms with Crippen LogP contribution in [0.4, 0.5) is 5.13 Å². The van der Waals surface area contributed by atoms with Gasteiger partial charge in [0.15, 0.2) is 5.13 Å². The molecule has 3 aromatic rings. The molecule has 0 spiro atoms. The van der Waals surface area contributed by atoms with Crippen LogP contribution in [0.3, 0.4) is 0 Å². The second-order valence-electron chi connectivity index (χ2n) is 4.93. The van der Waals surface area contributed by atoms with E-state index >= 15 is 0 Å². The molecule has 110 valence electrons. The highest BCUT2D eigenvalue weighted by molar-refractivity contribution is 7.14. The molecule has 1 amide bonds. The van der Waals surface area contributed by atoms with E-state index in [2.05, 4.69) is 15.3 Å². The Bertz CT molecular complexity index is 783. The lowest BCUT2D eigenvalue weighted by atomic mass is 10.1. The van der Waals surface area contributed by atoms with Gasteiger partial charge in [-0.1, -0.05) is 24.3 Å². The molecule has 0 saturated carbocycles. The van der Waals surface area contributed by atoms with Gasteiger partial charge in [0, 0.05) is 23.3 Å². The van der Waals surface area contributed by atoms with Crippen LogP contribution in [0, 0.1) is 6.92 Å². The number of nitrogens with zero attached hydrogens (tertiary/aromatic N) is 2.